The second-order valence-electron chi connectivity index (χ2n) is 5.91. The molecule has 2 N–H and O–H groups in total. The SMILES string of the molecule is O=C(Nc1cc(C2OCCCO2)ccc1O)c1cc([N+](=O)[O-])cc([N+](=O)[O-])c1. The lowest BCUT2D eigenvalue weighted by Gasteiger charge is -2.24. The van der Waals surface area contributed by atoms with Crippen LogP contribution in [0.1, 0.15) is 28.6 Å². The molecule has 0 atom stereocenters. The highest BCUT2D eigenvalue weighted by molar-refractivity contribution is 6.05. The lowest BCUT2D eigenvalue weighted by atomic mass is 10.1. The van der Waals surface area contributed by atoms with Crippen LogP contribution in [-0.4, -0.2) is 34.1 Å². The molecule has 1 amide bonds. The van der Waals surface area contributed by atoms with Crippen molar-refractivity contribution in [3.63, 3.8) is 0 Å². The number of nitrogens with one attached hydrogen (secondary N) is 1. The van der Waals surface area contributed by atoms with E-state index in [-0.39, 0.29) is 17.0 Å². The number of nitro groups is 2. The van der Waals surface area contributed by atoms with Crippen LogP contribution in [0.5, 0.6) is 5.75 Å². The number of nitrogens with zero attached hydrogens (tertiary/aromatic N) is 2. The van der Waals surface area contributed by atoms with Crippen LogP contribution in [0.3, 0.4) is 0 Å². The Hall–Kier alpha value is -3.57. The van der Waals surface area contributed by atoms with Gasteiger partial charge in [0.25, 0.3) is 17.3 Å². The average Bonchev–Trinajstić information content (AvgIpc) is 2.69. The zero-order valence-electron chi connectivity index (χ0n) is 14.4. The fraction of sp³-hybridized carbons (Fsp3) is 0.235. The summed E-state index contributed by atoms with van der Waals surface area (Å²) < 4.78 is 10.9. The number of carbonyl (C=O) groups is 1. The third kappa shape index (κ3) is 4.22. The summed E-state index contributed by atoms with van der Waals surface area (Å²) in [5.74, 6) is -1.11. The molecule has 146 valence electrons. The first-order valence-electron chi connectivity index (χ1n) is 8.16. The zero-order valence-corrected chi connectivity index (χ0v) is 14.4. The number of nitro benzene ring substituents is 2. The number of carbonyl (C=O) groups excluding carboxylic acids is 1. The molecule has 0 spiro atoms. The van der Waals surface area contributed by atoms with Crippen molar-refractivity contribution in [2.45, 2.75) is 12.7 Å². The number of hydrogen-bond acceptors (Lipinski definition) is 8. The lowest BCUT2D eigenvalue weighted by Crippen LogP contribution is -2.18. The maximum Gasteiger partial charge on any atom is 0.277 e. The van der Waals surface area contributed by atoms with Gasteiger partial charge in [0.1, 0.15) is 5.75 Å². The number of anilines is 1. The van der Waals surface area contributed by atoms with Crippen LogP contribution in [0, 0.1) is 20.2 Å². The van der Waals surface area contributed by atoms with Crippen LogP contribution in [0.25, 0.3) is 0 Å². The van der Waals surface area contributed by atoms with Gasteiger partial charge in [0.15, 0.2) is 6.29 Å². The highest BCUT2D eigenvalue weighted by Crippen LogP contribution is 2.31. The minimum Gasteiger partial charge on any atom is -0.506 e. The Bertz CT molecular complexity index is 908. The molecule has 1 fully saturated rings. The van der Waals surface area contributed by atoms with Crippen molar-refractivity contribution >= 4 is 23.0 Å². The molecule has 0 bridgehead atoms. The van der Waals surface area contributed by atoms with E-state index in [1.165, 1.54) is 12.1 Å². The van der Waals surface area contributed by atoms with Crippen LogP contribution < -0.4 is 5.32 Å². The van der Waals surface area contributed by atoms with Crippen molar-refractivity contribution < 1.29 is 29.2 Å². The van der Waals surface area contributed by atoms with Gasteiger partial charge in [-0.3, -0.25) is 25.0 Å². The molecule has 1 aliphatic rings. The molecule has 1 saturated heterocycles. The third-order valence-electron chi connectivity index (χ3n) is 3.95. The van der Waals surface area contributed by atoms with Crippen LogP contribution in [0.15, 0.2) is 36.4 Å². The molecule has 0 unspecified atom stereocenters. The van der Waals surface area contributed by atoms with Crippen molar-refractivity contribution in [2.24, 2.45) is 0 Å². The van der Waals surface area contributed by atoms with Gasteiger partial charge in [-0.25, -0.2) is 0 Å². The number of phenolic OH excluding ortho intramolecular Hbond substituents is 1. The predicted octanol–water partition coefficient (Wildman–Crippen LogP) is 2.90. The molecule has 2 aromatic rings. The molecule has 0 aromatic heterocycles. The summed E-state index contributed by atoms with van der Waals surface area (Å²) in [6.07, 6.45) is 0.105. The van der Waals surface area contributed by atoms with Gasteiger partial charge in [-0.2, -0.15) is 0 Å². The Morgan fingerprint density at radius 2 is 1.64 bits per heavy atom. The standard InChI is InChI=1S/C17H15N3O8/c21-15-3-2-10(17-27-4-1-5-28-17)8-14(15)18-16(22)11-6-12(19(23)24)9-13(7-11)20(25)26/h2-3,6-9,17,21H,1,4-5H2,(H,18,22). The molecule has 2 aromatic carbocycles. The van der Waals surface area contributed by atoms with Gasteiger partial charge in [0.05, 0.1) is 40.4 Å². The summed E-state index contributed by atoms with van der Waals surface area (Å²) in [5, 5.41) is 34.3. The first kappa shape index (κ1) is 19.2. The molecule has 1 heterocycles. The van der Waals surface area contributed by atoms with Gasteiger partial charge in [0.2, 0.25) is 0 Å². The van der Waals surface area contributed by atoms with Crippen LogP contribution in [-0.2, 0) is 9.47 Å². The van der Waals surface area contributed by atoms with Crippen LogP contribution in [0.4, 0.5) is 17.1 Å². The predicted molar refractivity (Wildman–Crippen MR) is 95.1 cm³/mol. The average molecular weight is 389 g/mol. The Morgan fingerprint density at radius 3 is 2.21 bits per heavy atom. The van der Waals surface area contributed by atoms with Gasteiger partial charge in [-0.15, -0.1) is 0 Å². The number of rotatable bonds is 5. The van der Waals surface area contributed by atoms with Gasteiger partial charge in [0, 0.05) is 17.7 Å². The maximum atomic E-state index is 12.5. The highest BCUT2D eigenvalue weighted by Gasteiger charge is 2.22. The Kier molecular flexibility index (Phi) is 5.47. The molecular weight excluding hydrogens is 374 g/mol. The van der Waals surface area contributed by atoms with E-state index in [4.69, 9.17) is 9.47 Å². The lowest BCUT2D eigenvalue weighted by molar-refractivity contribution is -0.394. The topological polar surface area (TPSA) is 154 Å². The number of phenols is 1. The van der Waals surface area contributed by atoms with Crippen molar-refractivity contribution in [1.82, 2.24) is 0 Å². The third-order valence-corrected chi connectivity index (χ3v) is 3.95. The molecule has 1 aliphatic heterocycles. The van der Waals surface area contributed by atoms with E-state index in [0.29, 0.717) is 18.8 Å². The minimum atomic E-state index is -0.857. The smallest absolute Gasteiger partial charge is 0.277 e. The van der Waals surface area contributed by atoms with E-state index < -0.39 is 33.4 Å². The molecule has 11 nitrogen and oxygen atoms in total. The highest BCUT2D eigenvalue weighted by atomic mass is 16.7. The Balaban J connectivity index is 1.88. The summed E-state index contributed by atoms with van der Waals surface area (Å²) in [5.41, 5.74) is -0.925. The Morgan fingerprint density at radius 1 is 1.04 bits per heavy atom. The molecule has 11 heteroatoms. The first-order chi connectivity index (χ1) is 13.3. The fourth-order valence-electron chi connectivity index (χ4n) is 2.61. The maximum absolute atomic E-state index is 12.5. The fourth-order valence-corrected chi connectivity index (χ4v) is 2.61. The van der Waals surface area contributed by atoms with Crippen LogP contribution in [0.2, 0.25) is 0 Å². The second kappa shape index (κ2) is 7.98. The zero-order chi connectivity index (χ0) is 20.3. The summed E-state index contributed by atoms with van der Waals surface area (Å²) in [4.78, 5) is 32.7. The monoisotopic (exact) mass is 389 g/mol. The van der Waals surface area contributed by atoms with E-state index >= 15 is 0 Å². The molecule has 0 aliphatic carbocycles. The number of aromatic hydroxyl groups is 1. The second-order valence-corrected chi connectivity index (χ2v) is 5.91. The van der Waals surface area contributed by atoms with Gasteiger partial charge in [-0.1, -0.05) is 6.07 Å². The number of non-ortho nitro benzene ring substituents is 2. The van der Waals surface area contributed by atoms with E-state index in [1.54, 1.807) is 6.07 Å². The number of hydrogen-bond donors (Lipinski definition) is 2. The van der Waals surface area contributed by atoms with E-state index in [2.05, 4.69) is 5.32 Å². The van der Waals surface area contributed by atoms with Crippen LogP contribution >= 0.6 is 0 Å². The number of amides is 1. The van der Waals surface area contributed by atoms with E-state index in [1.807, 2.05) is 0 Å². The molecule has 0 radical (unpaired) electrons. The van der Waals surface area contributed by atoms with Crippen molar-refractivity contribution in [3.8, 4) is 5.75 Å². The summed E-state index contributed by atoms with van der Waals surface area (Å²) >= 11 is 0. The van der Waals surface area contributed by atoms with Crippen molar-refractivity contribution in [1.29, 1.82) is 0 Å². The summed E-state index contributed by atoms with van der Waals surface area (Å²) in [6.45, 7) is 1.01. The summed E-state index contributed by atoms with van der Waals surface area (Å²) in [7, 11) is 0. The van der Waals surface area contributed by atoms with Crippen molar-refractivity contribution in [3.05, 3.63) is 67.8 Å². The number of benzene rings is 2. The molecule has 28 heavy (non-hydrogen) atoms. The van der Waals surface area contributed by atoms with Gasteiger partial charge in [-0.05, 0) is 18.6 Å². The largest absolute Gasteiger partial charge is 0.506 e. The van der Waals surface area contributed by atoms with Gasteiger partial charge >= 0.3 is 0 Å². The minimum absolute atomic E-state index is 0.00873. The summed E-state index contributed by atoms with van der Waals surface area (Å²) in [6, 6.07) is 6.93. The van der Waals surface area contributed by atoms with Gasteiger partial charge < -0.3 is 19.9 Å². The van der Waals surface area contributed by atoms with E-state index in [0.717, 1.165) is 24.6 Å². The first-order valence-corrected chi connectivity index (χ1v) is 8.16. The number of ether oxygens (including phenoxy) is 2. The Labute approximate surface area is 157 Å². The quantitative estimate of drug-likeness (QED) is 0.449. The van der Waals surface area contributed by atoms with E-state index in [9.17, 15) is 30.1 Å². The normalized spacial score (nSPS) is 14.4. The molecule has 3 rings (SSSR count). The molecule has 0 saturated carbocycles. The van der Waals surface area contributed by atoms with Crippen molar-refractivity contribution in [2.75, 3.05) is 18.5 Å². The molecular formula is C17H15N3O8.